The zero-order valence-electron chi connectivity index (χ0n) is 9.72. The van der Waals surface area contributed by atoms with Crippen molar-refractivity contribution in [1.82, 2.24) is 10.3 Å². The predicted octanol–water partition coefficient (Wildman–Crippen LogP) is 1.89. The summed E-state index contributed by atoms with van der Waals surface area (Å²) in [5, 5.41) is 13.0. The van der Waals surface area contributed by atoms with Gasteiger partial charge < -0.3 is 14.8 Å². The first-order valence-corrected chi connectivity index (χ1v) is 6.64. The van der Waals surface area contributed by atoms with E-state index in [9.17, 15) is 0 Å². The minimum atomic E-state index is 0.0833. The summed E-state index contributed by atoms with van der Waals surface area (Å²) in [7, 11) is 0. The molecule has 0 saturated heterocycles. The van der Waals surface area contributed by atoms with Crippen molar-refractivity contribution in [3.8, 4) is 0 Å². The third-order valence-electron chi connectivity index (χ3n) is 2.40. The third kappa shape index (κ3) is 3.21. The molecule has 1 aromatic heterocycles. The van der Waals surface area contributed by atoms with Crippen molar-refractivity contribution in [1.29, 1.82) is 0 Å². The highest BCUT2D eigenvalue weighted by Gasteiger charge is 2.10. The number of aromatic nitrogens is 1. The van der Waals surface area contributed by atoms with Crippen LogP contribution in [-0.2, 0) is 0 Å². The van der Waals surface area contributed by atoms with Crippen LogP contribution in [0.2, 0.25) is 0 Å². The van der Waals surface area contributed by atoms with E-state index in [0.717, 1.165) is 23.4 Å². The summed E-state index contributed by atoms with van der Waals surface area (Å²) < 4.78 is 5.58. The van der Waals surface area contributed by atoms with Gasteiger partial charge in [-0.1, -0.05) is 30.8 Å². The first kappa shape index (κ1) is 12.4. The molecule has 17 heavy (non-hydrogen) atoms. The van der Waals surface area contributed by atoms with Crippen molar-refractivity contribution in [2.24, 2.45) is 0 Å². The Labute approximate surface area is 104 Å². The number of para-hydroxylation sites is 2. The van der Waals surface area contributed by atoms with E-state index in [1.54, 1.807) is 0 Å². The molecule has 0 amide bonds. The van der Waals surface area contributed by atoms with Crippen LogP contribution in [0, 0.1) is 0 Å². The van der Waals surface area contributed by atoms with Gasteiger partial charge >= 0.3 is 0 Å². The van der Waals surface area contributed by atoms with Crippen molar-refractivity contribution in [2.45, 2.75) is 18.2 Å². The minimum Gasteiger partial charge on any atom is -0.431 e. The Bertz CT molecular complexity index is 439. The van der Waals surface area contributed by atoms with Gasteiger partial charge in [0.15, 0.2) is 5.58 Å². The fraction of sp³-hybridized carbons (Fsp3) is 0.417. The molecule has 0 spiro atoms. The molecule has 2 rings (SSSR count). The Balaban J connectivity index is 1.98. The maximum absolute atomic E-state index is 9.15. The molecule has 1 atom stereocenters. The summed E-state index contributed by atoms with van der Waals surface area (Å²) in [6, 6.07) is 7.78. The topological polar surface area (TPSA) is 58.3 Å². The first-order valence-electron chi connectivity index (χ1n) is 5.66. The number of likely N-dealkylation sites (N-methyl/N-ethyl adjacent to an activating group) is 1. The molecule has 0 saturated carbocycles. The van der Waals surface area contributed by atoms with Gasteiger partial charge in [-0.2, -0.15) is 0 Å². The number of nitrogens with one attached hydrogen (secondary N) is 1. The molecule has 0 aliphatic rings. The monoisotopic (exact) mass is 252 g/mol. The first-order chi connectivity index (χ1) is 8.33. The van der Waals surface area contributed by atoms with Gasteiger partial charge in [0.05, 0.1) is 6.61 Å². The number of hydrogen-bond donors (Lipinski definition) is 2. The van der Waals surface area contributed by atoms with Gasteiger partial charge in [-0.15, -0.1) is 0 Å². The van der Waals surface area contributed by atoms with E-state index in [-0.39, 0.29) is 12.6 Å². The standard InChI is InChI=1S/C12H16N2O2S/c1-2-13-9(7-15)8-17-12-14-10-5-3-4-6-11(10)16-12/h3-6,9,13,15H,2,7-8H2,1H3. The highest BCUT2D eigenvalue weighted by atomic mass is 32.2. The van der Waals surface area contributed by atoms with Gasteiger partial charge in [0.2, 0.25) is 0 Å². The summed E-state index contributed by atoms with van der Waals surface area (Å²) in [4.78, 5) is 4.37. The van der Waals surface area contributed by atoms with Crippen LogP contribution in [0.3, 0.4) is 0 Å². The van der Waals surface area contributed by atoms with Gasteiger partial charge in [0, 0.05) is 11.8 Å². The molecule has 0 fully saturated rings. The molecule has 0 aliphatic heterocycles. The van der Waals surface area contributed by atoms with Crippen LogP contribution in [0.25, 0.3) is 11.1 Å². The Kier molecular flexibility index (Phi) is 4.42. The SMILES string of the molecule is CCNC(CO)CSc1nc2ccccc2o1. The number of aliphatic hydroxyl groups is 1. The van der Waals surface area contributed by atoms with Crippen molar-refractivity contribution in [2.75, 3.05) is 18.9 Å². The Morgan fingerprint density at radius 1 is 1.47 bits per heavy atom. The van der Waals surface area contributed by atoms with E-state index in [1.807, 2.05) is 31.2 Å². The summed E-state index contributed by atoms with van der Waals surface area (Å²) in [5.74, 6) is 0.747. The van der Waals surface area contributed by atoms with Crippen molar-refractivity contribution in [3.05, 3.63) is 24.3 Å². The van der Waals surface area contributed by atoms with Gasteiger partial charge in [-0.3, -0.25) is 0 Å². The molecule has 0 aliphatic carbocycles. The molecule has 0 radical (unpaired) electrons. The number of fused-ring (bicyclic) bond motifs is 1. The molecule has 0 bridgehead atoms. The second-order valence-electron chi connectivity index (χ2n) is 3.70. The lowest BCUT2D eigenvalue weighted by Crippen LogP contribution is -2.34. The second-order valence-corrected chi connectivity index (χ2v) is 4.67. The third-order valence-corrected chi connectivity index (χ3v) is 3.39. The fourth-order valence-corrected chi connectivity index (χ4v) is 2.43. The number of rotatable bonds is 6. The van der Waals surface area contributed by atoms with Crippen LogP contribution in [0.4, 0.5) is 0 Å². The molecule has 2 aromatic rings. The van der Waals surface area contributed by atoms with Crippen molar-refractivity contribution in [3.63, 3.8) is 0 Å². The summed E-state index contributed by atoms with van der Waals surface area (Å²) in [5.41, 5.74) is 1.68. The molecule has 1 heterocycles. The number of aliphatic hydroxyl groups excluding tert-OH is 1. The highest BCUT2D eigenvalue weighted by Crippen LogP contribution is 2.23. The van der Waals surface area contributed by atoms with Crippen LogP contribution in [-0.4, -0.2) is 35.0 Å². The number of oxazole rings is 1. The van der Waals surface area contributed by atoms with Crippen molar-refractivity contribution < 1.29 is 9.52 Å². The largest absolute Gasteiger partial charge is 0.431 e. The van der Waals surface area contributed by atoms with Gasteiger partial charge in [0.1, 0.15) is 5.52 Å². The summed E-state index contributed by atoms with van der Waals surface area (Å²) >= 11 is 1.52. The van der Waals surface area contributed by atoms with Gasteiger partial charge in [-0.05, 0) is 18.7 Å². The summed E-state index contributed by atoms with van der Waals surface area (Å²) in [6.45, 7) is 2.99. The Hall–Kier alpha value is -1.04. The van der Waals surface area contributed by atoms with Gasteiger partial charge in [0.25, 0.3) is 5.22 Å². The average Bonchev–Trinajstić information content (AvgIpc) is 2.77. The molecular weight excluding hydrogens is 236 g/mol. The number of thioether (sulfide) groups is 1. The predicted molar refractivity (Wildman–Crippen MR) is 69.3 cm³/mol. The molecule has 1 aromatic carbocycles. The lowest BCUT2D eigenvalue weighted by Gasteiger charge is -2.12. The molecule has 4 nitrogen and oxygen atoms in total. The zero-order chi connectivity index (χ0) is 12.1. The van der Waals surface area contributed by atoms with Crippen LogP contribution >= 0.6 is 11.8 Å². The van der Waals surface area contributed by atoms with Crippen LogP contribution in [0.5, 0.6) is 0 Å². The Morgan fingerprint density at radius 3 is 3.00 bits per heavy atom. The Morgan fingerprint density at radius 2 is 2.29 bits per heavy atom. The fourth-order valence-electron chi connectivity index (χ4n) is 1.55. The molecule has 92 valence electrons. The maximum atomic E-state index is 9.15. The highest BCUT2D eigenvalue weighted by molar-refractivity contribution is 7.99. The lowest BCUT2D eigenvalue weighted by atomic mass is 10.3. The van der Waals surface area contributed by atoms with E-state index in [1.165, 1.54) is 11.8 Å². The molecule has 1 unspecified atom stereocenters. The van der Waals surface area contributed by atoms with Gasteiger partial charge in [-0.25, -0.2) is 4.98 Å². The van der Waals surface area contributed by atoms with Crippen LogP contribution in [0.15, 0.2) is 33.9 Å². The zero-order valence-corrected chi connectivity index (χ0v) is 10.5. The van der Waals surface area contributed by atoms with E-state index >= 15 is 0 Å². The minimum absolute atomic E-state index is 0.0833. The number of benzene rings is 1. The van der Waals surface area contributed by atoms with E-state index in [4.69, 9.17) is 9.52 Å². The second kappa shape index (κ2) is 6.05. The van der Waals surface area contributed by atoms with E-state index in [0.29, 0.717) is 5.22 Å². The van der Waals surface area contributed by atoms with E-state index in [2.05, 4.69) is 10.3 Å². The molecule has 2 N–H and O–H groups in total. The molecular formula is C12H16N2O2S. The maximum Gasteiger partial charge on any atom is 0.256 e. The lowest BCUT2D eigenvalue weighted by molar-refractivity contribution is 0.255. The number of hydrogen-bond acceptors (Lipinski definition) is 5. The smallest absolute Gasteiger partial charge is 0.256 e. The van der Waals surface area contributed by atoms with Crippen LogP contribution in [0.1, 0.15) is 6.92 Å². The van der Waals surface area contributed by atoms with Crippen LogP contribution < -0.4 is 5.32 Å². The van der Waals surface area contributed by atoms with Crippen molar-refractivity contribution >= 4 is 22.9 Å². The van der Waals surface area contributed by atoms with E-state index < -0.39 is 0 Å². The number of nitrogens with zero attached hydrogens (tertiary/aromatic N) is 1. The molecule has 5 heteroatoms. The summed E-state index contributed by atoms with van der Waals surface area (Å²) in [6.07, 6.45) is 0. The quantitative estimate of drug-likeness (QED) is 0.769. The average molecular weight is 252 g/mol. The normalized spacial score (nSPS) is 13.1.